The van der Waals surface area contributed by atoms with Crippen molar-refractivity contribution in [3.8, 4) is 0 Å². The van der Waals surface area contributed by atoms with E-state index in [0.717, 1.165) is 17.0 Å². The minimum absolute atomic E-state index is 0.175. The van der Waals surface area contributed by atoms with Crippen LogP contribution in [0, 0.1) is 6.92 Å². The Kier molecular flexibility index (Phi) is 3.18. The summed E-state index contributed by atoms with van der Waals surface area (Å²) in [4.78, 5) is 8.74. The molecule has 2 N–H and O–H groups in total. The van der Waals surface area contributed by atoms with E-state index in [4.69, 9.17) is 5.73 Å². The number of fused-ring (bicyclic) bond motifs is 1. The van der Waals surface area contributed by atoms with Gasteiger partial charge in [-0.2, -0.15) is 0 Å². The van der Waals surface area contributed by atoms with Gasteiger partial charge in [0.05, 0.1) is 17.5 Å². The molecule has 2 heterocycles. The molecule has 0 saturated carbocycles. The minimum atomic E-state index is -2.94. The van der Waals surface area contributed by atoms with Crippen LogP contribution in [0.5, 0.6) is 0 Å². The van der Waals surface area contributed by atoms with Crippen molar-refractivity contribution in [1.29, 1.82) is 0 Å². The van der Waals surface area contributed by atoms with Crippen LogP contribution < -0.4 is 5.73 Å². The number of rotatable bonds is 1. The van der Waals surface area contributed by atoms with E-state index in [1.165, 1.54) is 0 Å². The monoisotopic (exact) mass is 255 g/mol. The second kappa shape index (κ2) is 4.34. The van der Waals surface area contributed by atoms with E-state index in [1.54, 1.807) is 0 Å². The fourth-order valence-electron chi connectivity index (χ4n) is 2.03. The van der Waals surface area contributed by atoms with Crippen LogP contribution in [0.1, 0.15) is 35.7 Å². The van der Waals surface area contributed by atoms with Gasteiger partial charge in [-0.05, 0) is 25.8 Å². The van der Waals surface area contributed by atoms with E-state index >= 15 is 0 Å². The lowest BCUT2D eigenvalue weighted by Gasteiger charge is -2.11. The van der Waals surface area contributed by atoms with Crippen molar-refractivity contribution in [3.63, 3.8) is 0 Å². The first kappa shape index (κ1) is 12.4. The average Bonchev–Trinajstić information content (AvgIpc) is 2.38. The van der Waals surface area contributed by atoms with E-state index in [9.17, 15) is 8.42 Å². The molecular weight excluding hydrogens is 238 g/mol. The van der Waals surface area contributed by atoms with Crippen molar-refractivity contribution in [1.82, 2.24) is 9.97 Å². The van der Waals surface area contributed by atoms with Crippen LogP contribution in [-0.4, -0.2) is 29.9 Å². The van der Waals surface area contributed by atoms with Gasteiger partial charge in [0.2, 0.25) is 0 Å². The van der Waals surface area contributed by atoms with Crippen LogP contribution in [0.15, 0.2) is 0 Å². The summed E-state index contributed by atoms with van der Waals surface area (Å²) < 4.78 is 23.2. The number of aromatic nitrogens is 2. The maximum absolute atomic E-state index is 11.6. The molecule has 0 aliphatic carbocycles. The molecule has 0 amide bonds. The lowest BCUT2D eigenvalue weighted by molar-refractivity contribution is 0.596. The Morgan fingerprint density at radius 3 is 2.53 bits per heavy atom. The summed E-state index contributed by atoms with van der Waals surface area (Å²) in [5, 5.41) is 0. The van der Waals surface area contributed by atoms with Crippen LogP contribution in [0.4, 0.5) is 0 Å². The molecule has 0 spiro atoms. The maximum Gasteiger partial charge on any atom is 0.151 e. The van der Waals surface area contributed by atoms with Crippen molar-refractivity contribution in [3.05, 3.63) is 22.8 Å². The molecule has 6 heteroatoms. The zero-order valence-electron chi connectivity index (χ0n) is 10.1. The van der Waals surface area contributed by atoms with E-state index in [-0.39, 0.29) is 17.5 Å². The van der Waals surface area contributed by atoms with Crippen molar-refractivity contribution >= 4 is 9.84 Å². The van der Waals surface area contributed by atoms with Gasteiger partial charge >= 0.3 is 0 Å². The van der Waals surface area contributed by atoms with Gasteiger partial charge in [0.15, 0.2) is 9.84 Å². The highest BCUT2D eigenvalue weighted by Crippen LogP contribution is 2.19. The Bertz CT molecular complexity index is 538. The van der Waals surface area contributed by atoms with Crippen molar-refractivity contribution in [2.75, 3.05) is 11.5 Å². The van der Waals surface area contributed by atoms with Crippen molar-refractivity contribution < 1.29 is 8.42 Å². The molecule has 1 aliphatic heterocycles. The zero-order valence-corrected chi connectivity index (χ0v) is 10.9. The molecular formula is C11H17N3O2S. The second-order valence-electron chi connectivity index (χ2n) is 4.53. The van der Waals surface area contributed by atoms with E-state index in [1.807, 2.05) is 13.8 Å². The van der Waals surface area contributed by atoms with Crippen LogP contribution >= 0.6 is 0 Å². The van der Waals surface area contributed by atoms with Gasteiger partial charge in [0.1, 0.15) is 5.82 Å². The second-order valence-corrected chi connectivity index (χ2v) is 6.84. The van der Waals surface area contributed by atoms with E-state index in [2.05, 4.69) is 9.97 Å². The fraction of sp³-hybridized carbons (Fsp3) is 0.636. The molecule has 0 radical (unpaired) electrons. The number of nitrogens with zero attached hydrogens (tertiary/aromatic N) is 2. The Balaban J connectivity index is 2.46. The molecule has 1 aromatic rings. The minimum Gasteiger partial charge on any atom is -0.322 e. The molecule has 1 aliphatic rings. The number of hydrogen-bond donors (Lipinski definition) is 1. The Morgan fingerprint density at radius 2 is 1.88 bits per heavy atom. The summed E-state index contributed by atoms with van der Waals surface area (Å²) >= 11 is 0. The molecule has 17 heavy (non-hydrogen) atoms. The molecule has 1 aromatic heterocycles. The third kappa shape index (κ3) is 2.63. The maximum atomic E-state index is 11.6. The lowest BCUT2D eigenvalue weighted by Crippen LogP contribution is -2.14. The Hall–Kier alpha value is -1.01. The number of aryl methyl sites for hydroxylation is 2. The van der Waals surface area contributed by atoms with Gasteiger partial charge in [-0.3, -0.25) is 0 Å². The third-order valence-electron chi connectivity index (χ3n) is 3.04. The van der Waals surface area contributed by atoms with Crippen LogP contribution in [0.25, 0.3) is 0 Å². The molecule has 2 rings (SSSR count). The molecule has 0 fully saturated rings. The summed E-state index contributed by atoms with van der Waals surface area (Å²) in [6.45, 7) is 3.72. The summed E-state index contributed by atoms with van der Waals surface area (Å²) in [5.41, 5.74) is 8.46. The summed E-state index contributed by atoms with van der Waals surface area (Å²) in [7, 11) is -2.94. The molecule has 0 aromatic carbocycles. The third-order valence-corrected chi connectivity index (χ3v) is 4.69. The Morgan fingerprint density at radius 1 is 1.24 bits per heavy atom. The first-order valence-electron chi connectivity index (χ1n) is 5.71. The van der Waals surface area contributed by atoms with E-state index in [0.29, 0.717) is 18.7 Å². The first-order chi connectivity index (χ1) is 7.89. The zero-order chi connectivity index (χ0) is 12.6. The smallest absolute Gasteiger partial charge is 0.151 e. The first-order valence-corrected chi connectivity index (χ1v) is 7.53. The number of sulfone groups is 1. The standard InChI is InChI=1S/C11H17N3O2S/c1-7(12)11-13-8(2)9-3-5-17(15,16)6-4-10(9)14-11/h7H,3-6,12H2,1-2H3. The predicted octanol–water partition coefficient (Wildman–Crippen LogP) is 0.318. The van der Waals surface area contributed by atoms with Gasteiger partial charge in [-0.1, -0.05) is 0 Å². The SMILES string of the molecule is Cc1nc(C(C)N)nc2c1CCS(=O)(=O)CC2. The van der Waals surface area contributed by atoms with Crippen LogP contribution in [0.3, 0.4) is 0 Å². The molecule has 5 nitrogen and oxygen atoms in total. The van der Waals surface area contributed by atoms with Gasteiger partial charge in [-0.15, -0.1) is 0 Å². The summed E-state index contributed by atoms with van der Waals surface area (Å²) in [6, 6.07) is -0.223. The predicted molar refractivity (Wildman–Crippen MR) is 65.4 cm³/mol. The molecule has 0 saturated heterocycles. The summed E-state index contributed by atoms with van der Waals surface area (Å²) in [6.07, 6.45) is 0.990. The van der Waals surface area contributed by atoms with E-state index < -0.39 is 9.84 Å². The lowest BCUT2D eigenvalue weighted by atomic mass is 10.1. The number of hydrogen-bond acceptors (Lipinski definition) is 5. The van der Waals surface area contributed by atoms with Crippen molar-refractivity contribution in [2.24, 2.45) is 5.73 Å². The van der Waals surface area contributed by atoms with Crippen LogP contribution in [0.2, 0.25) is 0 Å². The summed E-state index contributed by atoms with van der Waals surface area (Å²) in [5.74, 6) is 0.969. The topological polar surface area (TPSA) is 85.9 Å². The number of nitrogens with two attached hydrogens (primary N) is 1. The van der Waals surface area contributed by atoms with Gasteiger partial charge in [0, 0.05) is 17.8 Å². The molecule has 1 unspecified atom stereocenters. The van der Waals surface area contributed by atoms with Gasteiger partial charge < -0.3 is 5.73 Å². The highest BCUT2D eigenvalue weighted by Gasteiger charge is 2.22. The van der Waals surface area contributed by atoms with Gasteiger partial charge in [0.25, 0.3) is 0 Å². The fourth-order valence-corrected chi connectivity index (χ4v) is 3.25. The normalized spacial score (nSPS) is 20.4. The molecule has 94 valence electrons. The van der Waals surface area contributed by atoms with Gasteiger partial charge in [-0.25, -0.2) is 18.4 Å². The highest BCUT2D eigenvalue weighted by molar-refractivity contribution is 7.91. The Labute approximate surface area is 101 Å². The van der Waals surface area contributed by atoms with Crippen LogP contribution in [-0.2, 0) is 22.7 Å². The average molecular weight is 255 g/mol. The quantitative estimate of drug-likeness (QED) is 0.781. The largest absolute Gasteiger partial charge is 0.322 e. The van der Waals surface area contributed by atoms with Crippen molar-refractivity contribution in [2.45, 2.75) is 32.7 Å². The molecule has 1 atom stereocenters. The highest BCUT2D eigenvalue weighted by atomic mass is 32.2. The molecule has 0 bridgehead atoms.